The topological polar surface area (TPSA) is 93.9 Å². The summed E-state index contributed by atoms with van der Waals surface area (Å²) in [5, 5.41) is 7.09. The number of rotatable bonds is 4. The number of sulfone groups is 1. The standard InChI is InChI=1S/C17H16N4O3S2/c22-17(20-12-6-8-15-18-11-19-21(15)10-12)14-7-9-16(25-14)26(23,24)13-4-2-1-3-5-13/h1-5,7,9,11-12H,6,8,10H2,(H,20,22). The van der Waals surface area contributed by atoms with Crippen molar-refractivity contribution in [3.05, 3.63) is 59.5 Å². The minimum Gasteiger partial charge on any atom is -0.347 e. The Morgan fingerprint density at radius 3 is 2.81 bits per heavy atom. The Morgan fingerprint density at radius 1 is 1.19 bits per heavy atom. The summed E-state index contributed by atoms with van der Waals surface area (Å²) in [6.07, 6.45) is 3.05. The van der Waals surface area contributed by atoms with Crippen LogP contribution in [0.15, 0.2) is 57.9 Å². The van der Waals surface area contributed by atoms with Gasteiger partial charge in [-0.2, -0.15) is 5.10 Å². The molecule has 0 fully saturated rings. The van der Waals surface area contributed by atoms with Crippen LogP contribution in [0, 0.1) is 0 Å². The summed E-state index contributed by atoms with van der Waals surface area (Å²) in [4.78, 5) is 17.3. The van der Waals surface area contributed by atoms with Gasteiger partial charge in [0, 0.05) is 12.5 Å². The number of nitrogens with zero attached hydrogens (tertiary/aromatic N) is 3. The average molecular weight is 388 g/mol. The highest BCUT2D eigenvalue weighted by molar-refractivity contribution is 7.93. The highest BCUT2D eigenvalue weighted by Gasteiger charge is 2.24. The van der Waals surface area contributed by atoms with E-state index in [1.165, 1.54) is 12.4 Å². The Morgan fingerprint density at radius 2 is 2.00 bits per heavy atom. The highest BCUT2D eigenvalue weighted by Crippen LogP contribution is 2.28. The zero-order chi connectivity index (χ0) is 18.1. The predicted octanol–water partition coefficient (Wildman–Crippen LogP) is 1.92. The maximum Gasteiger partial charge on any atom is 0.261 e. The SMILES string of the molecule is O=C(NC1CCc2ncnn2C1)c1ccc(S(=O)(=O)c2ccccc2)s1. The monoisotopic (exact) mass is 388 g/mol. The quantitative estimate of drug-likeness (QED) is 0.737. The van der Waals surface area contributed by atoms with Gasteiger partial charge in [-0.1, -0.05) is 18.2 Å². The number of amides is 1. The summed E-state index contributed by atoms with van der Waals surface area (Å²) in [7, 11) is -3.60. The van der Waals surface area contributed by atoms with Gasteiger partial charge in [0.1, 0.15) is 16.4 Å². The van der Waals surface area contributed by atoms with E-state index in [0.29, 0.717) is 11.4 Å². The van der Waals surface area contributed by atoms with E-state index in [0.717, 1.165) is 30.0 Å². The summed E-state index contributed by atoms with van der Waals surface area (Å²) < 4.78 is 27.2. The van der Waals surface area contributed by atoms with Gasteiger partial charge in [0.2, 0.25) is 9.84 Å². The van der Waals surface area contributed by atoms with Crippen molar-refractivity contribution >= 4 is 27.1 Å². The number of hydrogen-bond donors (Lipinski definition) is 1. The molecule has 1 aliphatic heterocycles. The molecule has 134 valence electrons. The van der Waals surface area contributed by atoms with E-state index < -0.39 is 9.84 Å². The fraction of sp³-hybridized carbons (Fsp3) is 0.235. The lowest BCUT2D eigenvalue weighted by Crippen LogP contribution is -2.41. The minimum absolute atomic E-state index is 0.0482. The summed E-state index contributed by atoms with van der Waals surface area (Å²) in [5.41, 5.74) is 0. The van der Waals surface area contributed by atoms with Crippen molar-refractivity contribution in [2.45, 2.75) is 34.5 Å². The Kier molecular flexibility index (Phi) is 4.33. The van der Waals surface area contributed by atoms with Gasteiger partial charge in [-0.15, -0.1) is 11.3 Å². The lowest BCUT2D eigenvalue weighted by Gasteiger charge is -2.23. The van der Waals surface area contributed by atoms with Crippen LogP contribution in [0.5, 0.6) is 0 Å². The molecule has 3 aromatic rings. The third-order valence-corrected chi connectivity index (χ3v) is 7.61. The van der Waals surface area contributed by atoms with Gasteiger partial charge >= 0.3 is 0 Å². The molecule has 4 rings (SSSR count). The molecule has 0 spiro atoms. The first-order valence-corrected chi connectivity index (χ1v) is 10.4. The minimum atomic E-state index is -3.60. The molecule has 0 aliphatic carbocycles. The number of carbonyl (C=O) groups is 1. The third kappa shape index (κ3) is 3.15. The van der Waals surface area contributed by atoms with Gasteiger partial charge < -0.3 is 5.32 Å². The molecule has 9 heteroatoms. The molecule has 0 radical (unpaired) electrons. The van der Waals surface area contributed by atoms with Crippen LogP contribution in [0.4, 0.5) is 0 Å². The zero-order valence-corrected chi connectivity index (χ0v) is 15.3. The summed E-state index contributed by atoms with van der Waals surface area (Å²) >= 11 is 0.984. The molecule has 1 unspecified atom stereocenters. The number of aryl methyl sites for hydroxylation is 1. The molecule has 1 amide bonds. The smallest absolute Gasteiger partial charge is 0.261 e. The molecule has 1 atom stereocenters. The number of carbonyl (C=O) groups excluding carboxylic acids is 1. The molecule has 3 heterocycles. The van der Waals surface area contributed by atoms with Crippen LogP contribution in [-0.4, -0.2) is 35.1 Å². The molecular weight excluding hydrogens is 372 g/mol. The number of hydrogen-bond acceptors (Lipinski definition) is 6. The molecular formula is C17H16N4O3S2. The van der Waals surface area contributed by atoms with Gasteiger partial charge in [-0.3, -0.25) is 4.79 Å². The van der Waals surface area contributed by atoms with E-state index in [1.54, 1.807) is 41.1 Å². The fourth-order valence-electron chi connectivity index (χ4n) is 2.91. The summed E-state index contributed by atoms with van der Waals surface area (Å²) in [5.74, 6) is 0.654. The van der Waals surface area contributed by atoms with Gasteiger partial charge in [0.05, 0.1) is 16.3 Å². The third-order valence-electron chi connectivity index (χ3n) is 4.26. The van der Waals surface area contributed by atoms with Crippen LogP contribution in [0.3, 0.4) is 0 Å². The molecule has 0 bridgehead atoms. The zero-order valence-electron chi connectivity index (χ0n) is 13.7. The van der Waals surface area contributed by atoms with Crippen molar-refractivity contribution in [3.63, 3.8) is 0 Å². The largest absolute Gasteiger partial charge is 0.347 e. The number of nitrogens with one attached hydrogen (secondary N) is 1. The van der Waals surface area contributed by atoms with E-state index in [2.05, 4.69) is 15.4 Å². The number of benzene rings is 1. The van der Waals surface area contributed by atoms with Gasteiger partial charge in [0.15, 0.2) is 0 Å². The van der Waals surface area contributed by atoms with E-state index in [4.69, 9.17) is 0 Å². The maximum absolute atomic E-state index is 12.6. The number of thiophene rings is 1. The summed E-state index contributed by atoms with van der Waals surface area (Å²) in [6.45, 7) is 0.571. The molecule has 1 aliphatic rings. The lowest BCUT2D eigenvalue weighted by molar-refractivity contribution is 0.0930. The van der Waals surface area contributed by atoms with Crippen molar-refractivity contribution in [1.82, 2.24) is 20.1 Å². The van der Waals surface area contributed by atoms with Crippen LogP contribution >= 0.6 is 11.3 Å². The fourth-order valence-corrected chi connectivity index (χ4v) is 5.55. The second-order valence-corrected chi connectivity index (χ2v) is 9.26. The van der Waals surface area contributed by atoms with Gasteiger partial charge in [0.25, 0.3) is 5.91 Å². The van der Waals surface area contributed by atoms with E-state index in [9.17, 15) is 13.2 Å². The Labute approximate surface area is 154 Å². The van der Waals surface area contributed by atoms with Gasteiger partial charge in [-0.25, -0.2) is 18.1 Å². The molecule has 1 aromatic carbocycles. The van der Waals surface area contributed by atoms with Gasteiger partial charge in [-0.05, 0) is 30.7 Å². The van der Waals surface area contributed by atoms with Crippen molar-refractivity contribution in [2.75, 3.05) is 0 Å². The predicted molar refractivity (Wildman–Crippen MR) is 95.8 cm³/mol. The first kappa shape index (κ1) is 16.9. The molecule has 26 heavy (non-hydrogen) atoms. The normalized spacial score (nSPS) is 16.8. The molecule has 0 saturated heterocycles. The van der Waals surface area contributed by atoms with Crippen molar-refractivity contribution in [3.8, 4) is 0 Å². The lowest BCUT2D eigenvalue weighted by atomic mass is 10.1. The average Bonchev–Trinajstić information content (AvgIpc) is 3.32. The molecule has 7 nitrogen and oxygen atoms in total. The number of aromatic nitrogens is 3. The Balaban J connectivity index is 1.49. The van der Waals surface area contributed by atoms with E-state index in [1.807, 2.05) is 0 Å². The maximum atomic E-state index is 12.6. The van der Waals surface area contributed by atoms with Crippen LogP contribution in [0.25, 0.3) is 0 Å². The van der Waals surface area contributed by atoms with E-state index in [-0.39, 0.29) is 21.1 Å². The first-order chi connectivity index (χ1) is 12.5. The first-order valence-electron chi connectivity index (χ1n) is 8.11. The molecule has 0 saturated carbocycles. The van der Waals surface area contributed by atoms with Crippen molar-refractivity contribution < 1.29 is 13.2 Å². The highest BCUT2D eigenvalue weighted by atomic mass is 32.2. The van der Waals surface area contributed by atoms with Crippen LogP contribution < -0.4 is 5.32 Å². The van der Waals surface area contributed by atoms with Crippen LogP contribution in [-0.2, 0) is 22.8 Å². The van der Waals surface area contributed by atoms with Crippen molar-refractivity contribution in [1.29, 1.82) is 0 Å². The second kappa shape index (κ2) is 6.65. The van der Waals surface area contributed by atoms with E-state index >= 15 is 0 Å². The van der Waals surface area contributed by atoms with Crippen LogP contribution in [0.2, 0.25) is 0 Å². The Hall–Kier alpha value is -2.52. The Bertz CT molecular complexity index is 1040. The molecule has 2 aromatic heterocycles. The molecule has 1 N–H and O–H groups in total. The summed E-state index contributed by atoms with van der Waals surface area (Å²) in [6, 6.07) is 11.2. The second-order valence-electron chi connectivity index (χ2n) is 6.00. The number of fused-ring (bicyclic) bond motifs is 1. The van der Waals surface area contributed by atoms with Crippen LogP contribution in [0.1, 0.15) is 21.9 Å². The van der Waals surface area contributed by atoms with Crippen molar-refractivity contribution in [2.24, 2.45) is 0 Å².